The molecule has 2 heteroatoms. The average molecular weight is 644 g/mol. The van der Waals surface area contributed by atoms with E-state index in [1.807, 2.05) is 0 Å². The Morgan fingerprint density at radius 1 is 0.350 bits per heavy atom. The van der Waals surface area contributed by atoms with Crippen molar-refractivity contribution in [2.75, 3.05) is 0 Å². The summed E-state index contributed by atoms with van der Waals surface area (Å²) < 4.78 is 2.33. The van der Waals surface area contributed by atoms with Gasteiger partial charge in [-0.1, -0.05) is 100 Å². The van der Waals surface area contributed by atoms with E-state index in [4.69, 9.17) is 0 Å². The summed E-state index contributed by atoms with van der Waals surface area (Å²) in [5.41, 5.74) is 5.34. The maximum absolute atomic E-state index is 4.00. The van der Waals surface area contributed by atoms with Crippen LogP contribution < -0.4 is 0 Å². The van der Waals surface area contributed by atoms with Crippen molar-refractivity contribution < 1.29 is 0 Å². The summed E-state index contributed by atoms with van der Waals surface area (Å²) in [6.07, 6.45) is 0. The zero-order valence-electron chi connectivity index (χ0n) is 23.0. The molecule has 194 valence electrons. The first-order chi connectivity index (χ1) is 19.2. The molecule has 0 amide bonds. The van der Waals surface area contributed by atoms with Crippen LogP contribution >= 0.6 is 31.9 Å². The average Bonchev–Trinajstić information content (AvgIpc) is 2.98. The van der Waals surface area contributed by atoms with Crippen LogP contribution in [0.2, 0.25) is 0 Å². The van der Waals surface area contributed by atoms with Gasteiger partial charge in [-0.05, 0) is 132 Å². The van der Waals surface area contributed by atoms with Crippen LogP contribution in [0.4, 0.5) is 0 Å². The van der Waals surface area contributed by atoms with Crippen molar-refractivity contribution in [2.24, 2.45) is 0 Å². The Labute approximate surface area is 251 Å². The molecule has 8 rings (SSSR count). The highest BCUT2D eigenvalue weighted by molar-refractivity contribution is 9.11. The fourth-order valence-corrected chi connectivity index (χ4v) is 8.78. The van der Waals surface area contributed by atoms with Gasteiger partial charge in [-0.15, -0.1) is 0 Å². The normalized spacial score (nSPS) is 15.7. The molecule has 0 spiro atoms. The van der Waals surface area contributed by atoms with Crippen molar-refractivity contribution in [2.45, 2.75) is 38.5 Å². The second kappa shape index (κ2) is 8.18. The molecule has 0 aromatic heterocycles. The van der Waals surface area contributed by atoms with E-state index in [0.29, 0.717) is 0 Å². The van der Waals surface area contributed by atoms with Crippen molar-refractivity contribution in [3.63, 3.8) is 0 Å². The highest BCUT2D eigenvalue weighted by Crippen LogP contribution is 2.54. The van der Waals surface area contributed by atoms with Gasteiger partial charge in [0.05, 0.1) is 0 Å². The van der Waals surface area contributed by atoms with Crippen LogP contribution in [0.3, 0.4) is 0 Å². The van der Waals surface area contributed by atoms with Crippen molar-refractivity contribution in [3.8, 4) is 0 Å². The van der Waals surface area contributed by atoms with Crippen LogP contribution in [-0.4, -0.2) is 0 Å². The van der Waals surface area contributed by atoms with Crippen LogP contribution in [0.15, 0.2) is 106 Å². The molecule has 0 bridgehead atoms. The van der Waals surface area contributed by atoms with Crippen molar-refractivity contribution in [1.29, 1.82) is 0 Å². The van der Waals surface area contributed by atoms with E-state index in [1.54, 1.807) is 0 Å². The molecule has 7 aromatic carbocycles. The van der Waals surface area contributed by atoms with Crippen molar-refractivity contribution >= 4 is 85.7 Å². The van der Waals surface area contributed by atoms with Crippen LogP contribution in [0.5, 0.6) is 0 Å². The molecule has 0 saturated carbocycles. The lowest BCUT2D eigenvalue weighted by molar-refractivity contribution is 0.523. The first-order valence-electron chi connectivity index (χ1n) is 13.9. The quantitative estimate of drug-likeness (QED) is 0.114. The minimum absolute atomic E-state index is 0.160. The maximum Gasteiger partial charge on any atom is 0.0333 e. The molecule has 1 aliphatic carbocycles. The molecule has 1 aliphatic rings. The van der Waals surface area contributed by atoms with E-state index >= 15 is 0 Å². The monoisotopic (exact) mass is 642 g/mol. The second-order valence-corrected chi connectivity index (χ2v) is 14.0. The SMILES string of the molecule is CC1(C)c2cc3c(Br)c4ccccc4c(Br)c3cc2C(C)(C)c2cc3c4ccccc4c4ccccc4c3cc21. The lowest BCUT2D eigenvalue weighted by Crippen LogP contribution is -2.36. The van der Waals surface area contributed by atoms with Gasteiger partial charge >= 0.3 is 0 Å². The van der Waals surface area contributed by atoms with Gasteiger partial charge in [-0.25, -0.2) is 0 Å². The molecule has 7 aromatic rings. The Kier molecular flexibility index (Phi) is 5.03. The number of rotatable bonds is 0. The third-order valence-corrected chi connectivity index (χ3v) is 11.3. The minimum Gasteiger partial charge on any atom is -0.0616 e. The van der Waals surface area contributed by atoms with Gasteiger partial charge in [0.15, 0.2) is 0 Å². The molecule has 0 N–H and O–H groups in total. The Morgan fingerprint density at radius 3 is 0.925 bits per heavy atom. The molecule has 0 saturated heterocycles. The van der Waals surface area contributed by atoms with E-state index in [0.717, 1.165) is 0 Å². The van der Waals surface area contributed by atoms with Gasteiger partial charge in [-0.2, -0.15) is 0 Å². The Hall–Kier alpha value is -3.20. The molecule has 0 radical (unpaired) electrons. The Balaban J connectivity index is 1.52. The molecule has 40 heavy (non-hydrogen) atoms. The van der Waals surface area contributed by atoms with E-state index in [9.17, 15) is 0 Å². The number of hydrogen-bond donors (Lipinski definition) is 0. The summed E-state index contributed by atoms with van der Waals surface area (Å²) in [5, 5.41) is 13.0. The number of fused-ring (bicyclic) bond motifs is 10. The topological polar surface area (TPSA) is 0 Å². The van der Waals surface area contributed by atoms with Crippen LogP contribution in [0, 0.1) is 0 Å². The van der Waals surface area contributed by atoms with Gasteiger partial charge in [0.1, 0.15) is 0 Å². The number of halogens is 2. The van der Waals surface area contributed by atoms with E-state index in [1.165, 1.54) is 85.1 Å². The molecule has 0 atom stereocenters. The summed E-state index contributed by atoms with van der Waals surface area (Å²) in [6, 6.07) is 36.4. The van der Waals surface area contributed by atoms with Gasteiger partial charge < -0.3 is 0 Å². The third-order valence-electron chi connectivity index (χ3n) is 9.61. The Bertz CT molecular complexity index is 2080. The van der Waals surface area contributed by atoms with Crippen LogP contribution in [0.1, 0.15) is 49.9 Å². The number of hydrogen-bond acceptors (Lipinski definition) is 0. The highest BCUT2D eigenvalue weighted by atomic mass is 79.9. The molecular weight excluding hydrogens is 616 g/mol. The van der Waals surface area contributed by atoms with Gasteiger partial charge in [-0.3, -0.25) is 0 Å². The fourth-order valence-electron chi connectivity index (χ4n) is 7.43. The van der Waals surface area contributed by atoms with Crippen LogP contribution in [0.25, 0.3) is 53.9 Å². The summed E-state index contributed by atoms with van der Waals surface area (Å²) in [5.74, 6) is 0. The zero-order valence-corrected chi connectivity index (χ0v) is 26.2. The standard InChI is InChI=1S/C38H28Br2/c1-37(2)31-17-27-23-13-7-5-11-21(23)22-12-6-8-14-24(22)28(27)18-32(31)38(3,4)34-20-30-29(19-33(34)37)35(39)25-15-9-10-16-26(25)36(30)40/h5-20H,1-4H3. The van der Waals surface area contributed by atoms with E-state index in [-0.39, 0.29) is 10.8 Å². The summed E-state index contributed by atoms with van der Waals surface area (Å²) >= 11 is 8.01. The third kappa shape index (κ3) is 3.07. The Morgan fingerprint density at radius 2 is 0.600 bits per heavy atom. The second-order valence-electron chi connectivity index (χ2n) is 12.4. The lowest BCUT2D eigenvalue weighted by Gasteiger charge is -2.44. The predicted molar refractivity (Wildman–Crippen MR) is 180 cm³/mol. The molecule has 0 unspecified atom stereocenters. The fraction of sp³-hybridized carbons (Fsp3) is 0.158. The molecule has 0 nitrogen and oxygen atoms in total. The number of benzene rings is 7. The highest BCUT2D eigenvalue weighted by Gasteiger charge is 2.42. The summed E-state index contributed by atoms with van der Waals surface area (Å²) in [7, 11) is 0. The molecule has 0 fully saturated rings. The molecular formula is C38H28Br2. The van der Waals surface area contributed by atoms with E-state index < -0.39 is 0 Å². The van der Waals surface area contributed by atoms with Gasteiger partial charge in [0.25, 0.3) is 0 Å². The first-order valence-corrected chi connectivity index (χ1v) is 15.5. The largest absolute Gasteiger partial charge is 0.0616 e. The van der Waals surface area contributed by atoms with Gasteiger partial charge in [0.2, 0.25) is 0 Å². The lowest BCUT2D eigenvalue weighted by atomic mass is 9.59. The predicted octanol–water partition coefficient (Wildman–Crippen LogP) is 11.9. The summed E-state index contributed by atoms with van der Waals surface area (Å²) in [4.78, 5) is 0. The minimum atomic E-state index is -0.160. The van der Waals surface area contributed by atoms with E-state index in [2.05, 4.69) is 157 Å². The van der Waals surface area contributed by atoms with Gasteiger partial charge in [0, 0.05) is 19.8 Å². The van der Waals surface area contributed by atoms with Crippen molar-refractivity contribution in [3.05, 3.63) is 128 Å². The first kappa shape index (κ1) is 24.6. The maximum atomic E-state index is 4.00. The van der Waals surface area contributed by atoms with Crippen LogP contribution in [-0.2, 0) is 10.8 Å². The zero-order chi connectivity index (χ0) is 27.6. The van der Waals surface area contributed by atoms with Crippen molar-refractivity contribution in [1.82, 2.24) is 0 Å². The summed E-state index contributed by atoms with van der Waals surface area (Å²) in [6.45, 7) is 9.63. The molecule has 0 aliphatic heterocycles. The molecule has 0 heterocycles. The smallest absolute Gasteiger partial charge is 0.0333 e.